The van der Waals surface area contributed by atoms with Gasteiger partial charge in [-0.25, -0.2) is 0 Å². The molecule has 0 spiro atoms. The minimum absolute atomic E-state index is 0.110. The van der Waals surface area contributed by atoms with Crippen molar-refractivity contribution in [2.24, 2.45) is 0 Å². The van der Waals surface area contributed by atoms with Crippen molar-refractivity contribution in [2.45, 2.75) is 57.7 Å². The topological polar surface area (TPSA) is 65.4 Å². The number of hydrogen-bond acceptors (Lipinski definition) is 6. The van der Waals surface area contributed by atoms with Crippen molar-refractivity contribution >= 4 is 16.6 Å². The number of fused-ring (bicyclic) bond motifs is 1. The molecule has 0 bridgehead atoms. The van der Waals surface area contributed by atoms with Crippen molar-refractivity contribution in [1.82, 2.24) is 20.1 Å². The number of phenols is 1. The Bertz CT molecular complexity index is 1040. The van der Waals surface area contributed by atoms with Gasteiger partial charge in [0.15, 0.2) is 5.82 Å². The van der Waals surface area contributed by atoms with Gasteiger partial charge >= 0.3 is 0 Å². The zero-order valence-corrected chi connectivity index (χ0v) is 18.7. The van der Waals surface area contributed by atoms with Crippen LogP contribution in [0.25, 0.3) is 22.0 Å². The number of aromatic hydroxyl groups is 1. The minimum atomic E-state index is 0.110. The molecule has 0 amide bonds. The molecule has 0 radical (unpaired) electrons. The maximum absolute atomic E-state index is 10.5. The average molecular weight is 406 g/mol. The fourth-order valence-electron chi connectivity index (χ4n) is 4.77. The van der Waals surface area contributed by atoms with E-state index >= 15 is 0 Å². The van der Waals surface area contributed by atoms with Gasteiger partial charge in [-0.05, 0) is 83.3 Å². The van der Waals surface area contributed by atoms with Gasteiger partial charge in [0, 0.05) is 47.5 Å². The number of piperidine rings is 1. The lowest BCUT2D eigenvalue weighted by molar-refractivity contribution is -0.0120. The Morgan fingerprint density at radius 1 is 1.00 bits per heavy atom. The summed E-state index contributed by atoms with van der Waals surface area (Å²) < 4.78 is 0. The van der Waals surface area contributed by atoms with Gasteiger partial charge in [0.25, 0.3) is 0 Å². The van der Waals surface area contributed by atoms with Gasteiger partial charge in [0.05, 0.1) is 5.69 Å². The number of phenolic OH excluding ortho intramolecular Hbond substituents is 1. The Hall–Kier alpha value is -2.73. The predicted octanol–water partition coefficient (Wildman–Crippen LogP) is 4.49. The van der Waals surface area contributed by atoms with E-state index < -0.39 is 0 Å². The second-order valence-corrected chi connectivity index (χ2v) is 9.73. The molecule has 158 valence electrons. The molecule has 1 aromatic carbocycles. The molecular formula is C24H31N5O. The monoisotopic (exact) mass is 405 g/mol. The van der Waals surface area contributed by atoms with E-state index in [1.807, 2.05) is 24.3 Å². The lowest BCUT2D eigenvalue weighted by Gasteiger charge is -2.55. The van der Waals surface area contributed by atoms with Crippen molar-refractivity contribution in [3.8, 4) is 17.0 Å². The number of aromatic nitrogens is 3. The Labute approximate surface area is 178 Å². The molecule has 6 nitrogen and oxygen atoms in total. The average Bonchev–Trinajstić information content (AvgIpc) is 2.70. The normalized spacial score (nSPS) is 19.1. The molecule has 1 N–H and O–H groups in total. The highest BCUT2D eigenvalue weighted by atomic mass is 16.3. The summed E-state index contributed by atoms with van der Waals surface area (Å²) in [6, 6.07) is 9.85. The van der Waals surface area contributed by atoms with Gasteiger partial charge in [0.1, 0.15) is 5.75 Å². The van der Waals surface area contributed by atoms with E-state index in [1.54, 1.807) is 18.5 Å². The number of hydrogen-bond donors (Lipinski definition) is 1. The molecule has 30 heavy (non-hydrogen) atoms. The third-order valence-corrected chi connectivity index (χ3v) is 6.88. The Morgan fingerprint density at radius 2 is 1.70 bits per heavy atom. The predicted molar refractivity (Wildman–Crippen MR) is 122 cm³/mol. The second kappa shape index (κ2) is 7.20. The van der Waals surface area contributed by atoms with Crippen LogP contribution in [0.1, 0.15) is 40.5 Å². The van der Waals surface area contributed by atoms with E-state index in [9.17, 15) is 5.11 Å². The zero-order chi connectivity index (χ0) is 21.7. The number of anilines is 1. The van der Waals surface area contributed by atoms with Crippen LogP contribution in [0.2, 0.25) is 0 Å². The van der Waals surface area contributed by atoms with E-state index in [-0.39, 0.29) is 16.8 Å². The van der Waals surface area contributed by atoms with Crippen LogP contribution in [0.15, 0.2) is 42.7 Å². The maximum Gasteiger partial charge on any atom is 0.151 e. The van der Waals surface area contributed by atoms with Crippen LogP contribution in [0.4, 0.5) is 5.82 Å². The van der Waals surface area contributed by atoms with Crippen LogP contribution in [0.3, 0.4) is 0 Å². The van der Waals surface area contributed by atoms with E-state index in [1.165, 1.54) is 0 Å². The lowest BCUT2D eigenvalue weighted by Crippen LogP contribution is -2.62. The summed E-state index contributed by atoms with van der Waals surface area (Å²) in [5, 5.41) is 21.3. The van der Waals surface area contributed by atoms with Crippen molar-refractivity contribution in [3.05, 3.63) is 42.7 Å². The number of pyridine rings is 1. The zero-order valence-electron chi connectivity index (χ0n) is 18.7. The van der Waals surface area contributed by atoms with Crippen molar-refractivity contribution < 1.29 is 5.11 Å². The fraction of sp³-hybridized carbons (Fsp3) is 0.458. The highest BCUT2D eigenvalue weighted by Crippen LogP contribution is 2.39. The maximum atomic E-state index is 10.5. The molecule has 2 aromatic heterocycles. The molecule has 4 rings (SSSR count). The van der Waals surface area contributed by atoms with Crippen LogP contribution in [0.5, 0.6) is 5.75 Å². The van der Waals surface area contributed by atoms with Crippen molar-refractivity contribution in [3.63, 3.8) is 0 Å². The number of nitrogens with zero attached hydrogens (tertiary/aromatic N) is 5. The number of benzene rings is 1. The first-order valence-corrected chi connectivity index (χ1v) is 10.5. The first kappa shape index (κ1) is 20.5. The Morgan fingerprint density at radius 3 is 2.33 bits per heavy atom. The molecule has 1 saturated heterocycles. The largest absolute Gasteiger partial charge is 0.507 e. The van der Waals surface area contributed by atoms with Crippen molar-refractivity contribution in [1.29, 1.82) is 0 Å². The molecule has 1 aliphatic heterocycles. The van der Waals surface area contributed by atoms with Gasteiger partial charge in [-0.15, -0.1) is 10.2 Å². The van der Waals surface area contributed by atoms with Crippen LogP contribution in [-0.4, -0.2) is 56.4 Å². The summed E-state index contributed by atoms with van der Waals surface area (Å²) in [5.41, 5.74) is 1.54. The smallest absolute Gasteiger partial charge is 0.151 e. The van der Waals surface area contributed by atoms with Gasteiger partial charge in [-0.1, -0.05) is 0 Å². The van der Waals surface area contributed by atoms with Gasteiger partial charge < -0.3 is 10.0 Å². The van der Waals surface area contributed by atoms with E-state index in [4.69, 9.17) is 0 Å². The third-order valence-electron chi connectivity index (χ3n) is 6.88. The minimum Gasteiger partial charge on any atom is -0.507 e. The molecule has 0 saturated carbocycles. The summed E-state index contributed by atoms with van der Waals surface area (Å²) in [6.07, 6.45) is 5.63. The molecule has 1 fully saturated rings. The first-order valence-electron chi connectivity index (χ1n) is 10.5. The summed E-state index contributed by atoms with van der Waals surface area (Å²) in [7, 11) is 4.32. The SMILES string of the molecule is CN(c1ccc(-c2cc3cnccc3cc2O)nn1)C1CC(C)(C)N(C)C(C)(C)C1. The summed E-state index contributed by atoms with van der Waals surface area (Å²) >= 11 is 0. The standard InChI is InChI=1S/C24H31N5O/c1-23(2)13-18(14-24(3,4)29(23)6)28(5)22-8-7-20(26-27-22)19-11-17-15-25-10-9-16(17)12-21(19)30/h7-12,15,18,30H,13-14H2,1-6H3. The van der Waals surface area contributed by atoms with Gasteiger partial charge in [-0.3, -0.25) is 9.88 Å². The molecule has 1 aliphatic rings. The van der Waals surface area contributed by atoms with Crippen LogP contribution in [-0.2, 0) is 0 Å². The van der Waals surface area contributed by atoms with Crippen LogP contribution >= 0.6 is 0 Å². The Balaban J connectivity index is 1.60. The molecule has 0 unspecified atom stereocenters. The van der Waals surface area contributed by atoms with Crippen LogP contribution < -0.4 is 4.90 Å². The number of rotatable bonds is 3. The molecule has 0 aliphatic carbocycles. The molecule has 3 heterocycles. The summed E-state index contributed by atoms with van der Waals surface area (Å²) in [4.78, 5) is 8.90. The lowest BCUT2D eigenvalue weighted by atomic mass is 9.77. The summed E-state index contributed by atoms with van der Waals surface area (Å²) in [6.45, 7) is 9.23. The third kappa shape index (κ3) is 3.60. The van der Waals surface area contributed by atoms with Crippen LogP contribution in [0, 0.1) is 0 Å². The van der Waals surface area contributed by atoms with Gasteiger partial charge in [0.2, 0.25) is 0 Å². The highest BCUT2D eigenvalue weighted by molar-refractivity contribution is 5.89. The molecule has 0 atom stereocenters. The Kier molecular flexibility index (Phi) is 4.93. The highest BCUT2D eigenvalue weighted by Gasteiger charge is 2.44. The molecule has 3 aromatic rings. The van der Waals surface area contributed by atoms with Gasteiger partial charge in [-0.2, -0.15) is 0 Å². The van der Waals surface area contributed by atoms with E-state index in [0.29, 0.717) is 17.3 Å². The van der Waals surface area contributed by atoms with E-state index in [0.717, 1.165) is 29.4 Å². The quantitative estimate of drug-likeness (QED) is 0.693. The number of likely N-dealkylation sites (tertiary alicyclic amines) is 1. The first-order chi connectivity index (χ1) is 14.1. The second-order valence-electron chi connectivity index (χ2n) is 9.73. The fourth-order valence-corrected chi connectivity index (χ4v) is 4.77. The summed E-state index contributed by atoms with van der Waals surface area (Å²) in [5.74, 6) is 1.05. The van der Waals surface area contributed by atoms with Crippen molar-refractivity contribution in [2.75, 3.05) is 19.0 Å². The molecule has 6 heteroatoms. The molecular weight excluding hydrogens is 374 g/mol. The van der Waals surface area contributed by atoms with E-state index in [2.05, 4.69) is 66.8 Å².